The Balaban J connectivity index is 2.15. The zero-order valence-electron chi connectivity index (χ0n) is 16.9. The van der Waals surface area contributed by atoms with Crippen molar-refractivity contribution in [2.45, 2.75) is 39.7 Å². The summed E-state index contributed by atoms with van der Waals surface area (Å²) < 4.78 is 5.96. The molecular weight excluding hydrogens is 352 g/mol. The molecular formula is C23H28N2O3. The molecule has 0 aliphatic rings. The summed E-state index contributed by atoms with van der Waals surface area (Å²) in [6.45, 7) is 11.8. The molecule has 0 radical (unpaired) electrons. The molecule has 0 aromatic heterocycles. The zero-order valence-corrected chi connectivity index (χ0v) is 16.9. The summed E-state index contributed by atoms with van der Waals surface area (Å²) in [5.41, 5.74) is 2.95. The van der Waals surface area contributed by atoms with Crippen molar-refractivity contribution in [3.05, 3.63) is 71.8 Å². The van der Waals surface area contributed by atoms with Crippen molar-refractivity contribution in [2.75, 3.05) is 11.9 Å². The molecule has 2 rings (SSSR count). The molecule has 1 atom stereocenters. The van der Waals surface area contributed by atoms with Gasteiger partial charge in [0.1, 0.15) is 5.75 Å². The third kappa shape index (κ3) is 5.46. The maximum Gasteiger partial charge on any atom is 0.265 e. The van der Waals surface area contributed by atoms with E-state index in [0.717, 1.165) is 11.1 Å². The summed E-state index contributed by atoms with van der Waals surface area (Å²) in [4.78, 5) is 25.0. The number of carbonyl (C=O) groups is 2. The van der Waals surface area contributed by atoms with Crippen LogP contribution in [0.15, 0.2) is 55.1 Å². The van der Waals surface area contributed by atoms with Crippen molar-refractivity contribution >= 4 is 17.5 Å². The van der Waals surface area contributed by atoms with Crippen molar-refractivity contribution in [1.82, 2.24) is 5.32 Å². The average Bonchev–Trinajstić information content (AvgIpc) is 2.66. The number of benzene rings is 2. The fourth-order valence-electron chi connectivity index (χ4n) is 2.75. The number of hydrogen-bond donors (Lipinski definition) is 2. The van der Waals surface area contributed by atoms with Crippen molar-refractivity contribution in [3.63, 3.8) is 0 Å². The number of para-hydroxylation sites is 1. The van der Waals surface area contributed by atoms with E-state index in [9.17, 15) is 9.59 Å². The van der Waals surface area contributed by atoms with Crippen LogP contribution in [-0.4, -0.2) is 24.5 Å². The lowest BCUT2D eigenvalue weighted by Crippen LogP contribution is -2.32. The largest absolute Gasteiger partial charge is 0.481 e. The Kier molecular flexibility index (Phi) is 7.38. The second-order valence-electron chi connectivity index (χ2n) is 6.99. The van der Waals surface area contributed by atoms with E-state index in [1.807, 2.05) is 25.1 Å². The highest BCUT2D eigenvalue weighted by molar-refractivity contribution is 6.04. The molecule has 28 heavy (non-hydrogen) atoms. The van der Waals surface area contributed by atoms with Gasteiger partial charge in [-0.05, 0) is 49.1 Å². The van der Waals surface area contributed by atoms with Gasteiger partial charge in [0.05, 0.1) is 11.3 Å². The zero-order chi connectivity index (χ0) is 20.7. The summed E-state index contributed by atoms with van der Waals surface area (Å²) >= 11 is 0. The van der Waals surface area contributed by atoms with Crippen LogP contribution in [-0.2, 0) is 4.79 Å². The van der Waals surface area contributed by atoms with E-state index in [1.165, 1.54) is 0 Å². The summed E-state index contributed by atoms with van der Waals surface area (Å²) in [7, 11) is 0. The van der Waals surface area contributed by atoms with Crippen molar-refractivity contribution in [2.24, 2.45) is 0 Å². The molecule has 5 nitrogen and oxygen atoms in total. The molecule has 2 aromatic carbocycles. The number of aryl methyl sites for hydroxylation is 1. The first-order valence-corrected chi connectivity index (χ1v) is 9.39. The molecule has 0 heterocycles. The van der Waals surface area contributed by atoms with E-state index in [1.54, 1.807) is 37.3 Å². The predicted octanol–water partition coefficient (Wildman–Crippen LogP) is 4.44. The highest BCUT2D eigenvalue weighted by Gasteiger charge is 2.20. The highest BCUT2D eigenvalue weighted by atomic mass is 16.5. The van der Waals surface area contributed by atoms with Gasteiger partial charge in [0.15, 0.2) is 6.10 Å². The molecule has 0 fully saturated rings. The van der Waals surface area contributed by atoms with Crippen LogP contribution in [0.4, 0.5) is 5.69 Å². The Labute approximate surface area is 166 Å². The normalized spacial score (nSPS) is 11.6. The van der Waals surface area contributed by atoms with E-state index >= 15 is 0 Å². The van der Waals surface area contributed by atoms with E-state index in [4.69, 9.17) is 4.74 Å². The highest BCUT2D eigenvalue weighted by Crippen LogP contribution is 2.28. The first kappa shape index (κ1) is 21.2. The molecule has 0 unspecified atom stereocenters. The van der Waals surface area contributed by atoms with Gasteiger partial charge in [-0.1, -0.05) is 44.2 Å². The molecule has 0 aliphatic heterocycles. The third-order valence-electron chi connectivity index (χ3n) is 4.30. The lowest BCUT2D eigenvalue weighted by atomic mass is 10.0. The van der Waals surface area contributed by atoms with Crippen molar-refractivity contribution < 1.29 is 14.3 Å². The molecule has 0 bridgehead atoms. The Morgan fingerprint density at radius 2 is 1.86 bits per heavy atom. The number of rotatable bonds is 8. The Bertz CT molecular complexity index is 859. The molecule has 2 N–H and O–H groups in total. The second kappa shape index (κ2) is 9.74. The SMILES string of the molecule is C=CCNC(=O)c1ccccc1NC(=O)[C@@H](C)Oc1cc(C)ccc1C(C)C. The number of anilines is 1. The lowest BCUT2D eigenvalue weighted by molar-refractivity contribution is -0.122. The summed E-state index contributed by atoms with van der Waals surface area (Å²) in [5, 5.41) is 5.52. The maximum atomic E-state index is 12.7. The van der Waals surface area contributed by atoms with Crippen LogP contribution in [0.2, 0.25) is 0 Å². The fourth-order valence-corrected chi connectivity index (χ4v) is 2.75. The number of carbonyl (C=O) groups excluding carboxylic acids is 2. The standard InChI is InChI=1S/C23H28N2O3/c1-6-13-24-23(27)19-9-7-8-10-20(19)25-22(26)17(5)28-21-14-16(4)11-12-18(21)15(2)3/h6-12,14-15,17H,1,13H2,2-5H3,(H,24,27)(H,25,26)/t17-/m1/s1. The van der Waals surface area contributed by atoms with Crippen LogP contribution >= 0.6 is 0 Å². The Morgan fingerprint density at radius 1 is 1.14 bits per heavy atom. The van der Waals surface area contributed by atoms with Crippen molar-refractivity contribution in [3.8, 4) is 5.75 Å². The van der Waals surface area contributed by atoms with Gasteiger partial charge in [0.2, 0.25) is 0 Å². The quantitative estimate of drug-likeness (QED) is 0.665. The van der Waals surface area contributed by atoms with Crippen LogP contribution in [0.5, 0.6) is 5.75 Å². The van der Waals surface area contributed by atoms with Crippen LogP contribution in [0.25, 0.3) is 0 Å². The molecule has 0 spiro atoms. The van der Waals surface area contributed by atoms with Gasteiger partial charge in [-0.2, -0.15) is 0 Å². The lowest BCUT2D eigenvalue weighted by Gasteiger charge is -2.20. The molecule has 5 heteroatoms. The molecule has 2 amide bonds. The molecule has 0 saturated carbocycles. The van der Waals surface area contributed by atoms with Crippen molar-refractivity contribution in [1.29, 1.82) is 0 Å². The fraction of sp³-hybridized carbons (Fsp3) is 0.304. The topological polar surface area (TPSA) is 67.4 Å². The van der Waals surface area contributed by atoms with Gasteiger partial charge >= 0.3 is 0 Å². The summed E-state index contributed by atoms with van der Waals surface area (Å²) in [6, 6.07) is 12.9. The summed E-state index contributed by atoms with van der Waals surface area (Å²) in [5.74, 6) is 0.389. The number of hydrogen-bond acceptors (Lipinski definition) is 3. The Morgan fingerprint density at radius 3 is 2.54 bits per heavy atom. The van der Waals surface area contributed by atoms with Crippen LogP contribution in [0.1, 0.15) is 48.2 Å². The van der Waals surface area contributed by atoms with Crippen LogP contribution in [0.3, 0.4) is 0 Å². The van der Waals surface area contributed by atoms with Gasteiger partial charge < -0.3 is 15.4 Å². The molecule has 148 valence electrons. The monoisotopic (exact) mass is 380 g/mol. The smallest absolute Gasteiger partial charge is 0.265 e. The van der Waals surface area contributed by atoms with E-state index < -0.39 is 6.10 Å². The first-order chi connectivity index (χ1) is 13.3. The molecule has 2 aromatic rings. The van der Waals surface area contributed by atoms with E-state index in [0.29, 0.717) is 23.5 Å². The van der Waals surface area contributed by atoms with E-state index in [-0.39, 0.29) is 17.7 Å². The average molecular weight is 380 g/mol. The molecule has 0 saturated heterocycles. The van der Waals surface area contributed by atoms with Gasteiger partial charge in [-0.25, -0.2) is 0 Å². The van der Waals surface area contributed by atoms with Crippen LogP contribution in [0, 0.1) is 6.92 Å². The van der Waals surface area contributed by atoms with Gasteiger partial charge in [0, 0.05) is 6.54 Å². The second-order valence-corrected chi connectivity index (χ2v) is 6.99. The Hall–Kier alpha value is -3.08. The number of amides is 2. The number of nitrogens with one attached hydrogen (secondary N) is 2. The molecule has 0 aliphatic carbocycles. The maximum absolute atomic E-state index is 12.7. The summed E-state index contributed by atoms with van der Waals surface area (Å²) in [6.07, 6.45) is 0.881. The minimum atomic E-state index is -0.719. The van der Waals surface area contributed by atoms with Crippen LogP contribution < -0.4 is 15.4 Å². The third-order valence-corrected chi connectivity index (χ3v) is 4.30. The van der Waals surface area contributed by atoms with Gasteiger partial charge in [0.25, 0.3) is 11.8 Å². The van der Waals surface area contributed by atoms with E-state index in [2.05, 4.69) is 31.1 Å². The minimum Gasteiger partial charge on any atom is -0.481 e. The first-order valence-electron chi connectivity index (χ1n) is 9.39. The van der Waals surface area contributed by atoms with Gasteiger partial charge in [-0.3, -0.25) is 9.59 Å². The minimum absolute atomic E-state index is 0.273. The van der Waals surface area contributed by atoms with Gasteiger partial charge in [-0.15, -0.1) is 6.58 Å². The number of ether oxygens (including phenoxy) is 1. The predicted molar refractivity (Wildman–Crippen MR) is 113 cm³/mol.